The van der Waals surface area contributed by atoms with Crippen molar-refractivity contribution >= 4 is 24.0 Å². The highest BCUT2D eigenvalue weighted by molar-refractivity contribution is 5.82. The van der Waals surface area contributed by atoms with Crippen LogP contribution in [0.25, 0.3) is 0 Å². The molecule has 0 spiro atoms. The second-order valence-electron chi connectivity index (χ2n) is 5.09. The van der Waals surface area contributed by atoms with E-state index < -0.39 is 24.1 Å². The van der Waals surface area contributed by atoms with Gasteiger partial charge in [-0.25, -0.2) is 10.2 Å². The van der Waals surface area contributed by atoms with Crippen LogP contribution in [0.1, 0.15) is 27.2 Å². The maximum atomic E-state index is 11.8. The van der Waals surface area contributed by atoms with E-state index in [0.29, 0.717) is 6.42 Å². The van der Waals surface area contributed by atoms with Gasteiger partial charge in [-0.05, 0) is 27.4 Å². The monoisotopic (exact) mass is 300 g/mol. The lowest BCUT2D eigenvalue weighted by atomic mass is 9.92. The summed E-state index contributed by atoms with van der Waals surface area (Å²) in [6, 6.07) is -1.30. The second-order valence-corrected chi connectivity index (χ2v) is 5.09. The molecule has 0 aliphatic rings. The number of amides is 2. The van der Waals surface area contributed by atoms with Gasteiger partial charge in [-0.3, -0.25) is 14.5 Å². The van der Waals surface area contributed by atoms with Gasteiger partial charge in [0.1, 0.15) is 12.1 Å². The average molecular weight is 300 g/mol. The predicted octanol–water partition coefficient (Wildman–Crippen LogP) is 0.118. The van der Waals surface area contributed by atoms with Gasteiger partial charge in [0.05, 0.1) is 0 Å². The first kappa shape index (κ1) is 19.0. The van der Waals surface area contributed by atoms with Crippen molar-refractivity contribution < 1.29 is 19.1 Å². The van der Waals surface area contributed by atoms with Crippen molar-refractivity contribution in [2.75, 3.05) is 14.1 Å². The van der Waals surface area contributed by atoms with Crippen LogP contribution in [0.4, 0.5) is 4.79 Å². The summed E-state index contributed by atoms with van der Waals surface area (Å²) in [5.74, 6) is -0.707. The van der Waals surface area contributed by atoms with Crippen molar-refractivity contribution in [1.82, 2.24) is 10.3 Å². The van der Waals surface area contributed by atoms with Gasteiger partial charge in [0.15, 0.2) is 5.78 Å². The van der Waals surface area contributed by atoms with E-state index in [4.69, 9.17) is 10.5 Å². The third-order valence-electron chi connectivity index (χ3n) is 2.89. The number of nitrogens with zero attached hydrogens (tertiary/aromatic N) is 2. The zero-order chi connectivity index (χ0) is 16.6. The lowest BCUT2D eigenvalue weighted by molar-refractivity contribution is -0.154. The zero-order valence-corrected chi connectivity index (χ0v) is 13.1. The Hall–Kier alpha value is -1.96. The molecule has 0 aromatic rings. The second kappa shape index (κ2) is 9.06. The van der Waals surface area contributed by atoms with Crippen LogP contribution in [0.5, 0.6) is 0 Å². The first-order valence-electron chi connectivity index (χ1n) is 6.57. The average Bonchev–Trinajstić information content (AvgIpc) is 2.31. The van der Waals surface area contributed by atoms with Crippen LogP contribution in [0.15, 0.2) is 5.10 Å². The van der Waals surface area contributed by atoms with Gasteiger partial charge in [-0.2, -0.15) is 5.10 Å². The van der Waals surface area contributed by atoms with Gasteiger partial charge in [-0.1, -0.05) is 6.92 Å². The van der Waals surface area contributed by atoms with E-state index in [1.54, 1.807) is 19.0 Å². The maximum absolute atomic E-state index is 11.8. The molecule has 0 rings (SSSR count). The molecular formula is C13H24N4O4. The number of carbonyl (C=O) groups is 3. The van der Waals surface area contributed by atoms with Gasteiger partial charge >= 0.3 is 12.0 Å². The van der Waals surface area contributed by atoms with E-state index in [1.807, 2.05) is 6.92 Å². The Morgan fingerprint density at radius 1 is 1.33 bits per heavy atom. The van der Waals surface area contributed by atoms with E-state index >= 15 is 0 Å². The number of nitrogens with one attached hydrogen (secondary N) is 1. The largest absolute Gasteiger partial charge is 0.460 e. The van der Waals surface area contributed by atoms with Crippen molar-refractivity contribution in [2.24, 2.45) is 16.8 Å². The lowest BCUT2D eigenvalue weighted by Gasteiger charge is -2.33. The Kier molecular flexibility index (Phi) is 8.22. The molecule has 3 atom stereocenters. The van der Waals surface area contributed by atoms with Crippen LogP contribution in [0.2, 0.25) is 0 Å². The SMILES string of the molecule is CC(=O)OC([C@H](C)C/C=N/NC(N)=O)[C@@H](C(C)=O)N(C)C. The van der Waals surface area contributed by atoms with E-state index in [-0.39, 0.29) is 11.7 Å². The lowest BCUT2D eigenvalue weighted by Crippen LogP contribution is -2.49. The van der Waals surface area contributed by atoms with Crippen LogP contribution in [0.3, 0.4) is 0 Å². The van der Waals surface area contributed by atoms with E-state index in [2.05, 4.69) is 10.5 Å². The molecule has 0 saturated carbocycles. The third kappa shape index (κ3) is 7.40. The number of esters is 1. The van der Waals surface area contributed by atoms with Crippen molar-refractivity contribution in [3.05, 3.63) is 0 Å². The van der Waals surface area contributed by atoms with Gasteiger partial charge in [0.25, 0.3) is 0 Å². The molecule has 1 unspecified atom stereocenters. The molecule has 0 heterocycles. The van der Waals surface area contributed by atoms with E-state index in [0.717, 1.165) is 0 Å². The number of carbonyl (C=O) groups excluding carboxylic acids is 3. The third-order valence-corrected chi connectivity index (χ3v) is 2.89. The molecule has 21 heavy (non-hydrogen) atoms. The number of Topliss-reactive ketones (excluding diaryl/α,β-unsaturated/α-hetero) is 1. The summed E-state index contributed by atoms with van der Waals surface area (Å²) < 4.78 is 5.30. The van der Waals surface area contributed by atoms with Crippen LogP contribution < -0.4 is 11.2 Å². The maximum Gasteiger partial charge on any atom is 0.332 e. The number of ether oxygens (including phenoxy) is 1. The first-order valence-corrected chi connectivity index (χ1v) is 6.57. The summed E-state index contributed by atoms with van der Waals surface area (Å²) in [5.41, 5.74) is 6.96. The highest BCUT2D eigenvalue weighted by Crippen LogP contribution is 2.19. The molecule has 0 fully saturated rings. The normalized spacial score (nSPS) is 15.5. The molecule has 0 bridgehead atoms. The minimum atomic E-state index is -0.759. The molecule has 0 saturated heterocycles. The molecule has 0 aromatic carbocycles. The first-order chi connectivity index (χ1) is 9.66. The highest BCUT2D eigenvalue weighted by Gasteiger charge is 2.34. The summed E-state index contributed by atoms with van der Waals surface area (Å²) in [7, 11) is 3.50. The number of nitrogens with two attached hydrogens (primary N) is 1. The molecular weight excluding hydrogens is 276 g/mol. The summed E-state index contributed by atoms with van der Waals surface area (Å²) in [6.07, 6.45) is 1.27. The number of likely N-dealkylation sites (N-methyl/N-ethyl adjacent to an activating group) is 1. The number of hydrogen-bond acceptors (Lipinski definition) is 6. The minimum Gasteiger partial charge on any atom is -0.460 e. The standard InChI is InChI=1S/C13H24N4O4/c1-8(6-7-15-16-13(14)20)12(21-10(3)19)11(9(2)18)17(4)5/h7-8,11-12H,6H2,1-5H3,(H3,14,16,20)/b15-7+/t8-,11-,12?/m1/s1. The number of hydrazone groups is 1. The molecule has 0 aliphatic carbocycles. The molecule has 0 radical (unpaired) electrons. The van der Waals surface area contributed by atoms with Crippen molar-refractivity contribution in [3.63, 3.8) is 0 Å². The van der Waals surface area contributed by atoms with Crippen LogP contribution >= 0.6 is 0 Å². The van der Waals surface area contributed by atoms with E-state index in [1.165, 1.54) is 20.1 Å². The fourth-order valence-corrected chi connectivity index (χ4v) is 2.03. The number of primary amides is 1. The number of hydrogen-bond donors (Lipinski definition) is 2. The molecule has 2 amide bonds. The smallest absolute Gasteiger partial charge is 0.332 e. The van der Waals surface area contributed by atoms with Crippen molar-refractivity contribution in [2.45, 2.75) is 39.3 Å². The summed E-state index contributed by atoms with van der Waals surface area (Å²) in [6.45, 7) is 4.59. The van der Waals surface area contributed by atoms with Crippen molar-refractivity contribution in [1.29, 1.82) is 0 Å². The zero-order valence-electron chi connectivity index (χ0n) is 13.1. The summed E-state index contributed by atoms with van der Waals surface area (Å²) >= 11 is 0. The molecule has 8 nitrogen and oxygen atoms in total. The Morgan fingerprint density at radius 3 is 2.29 bits per heavy atom. The number of rotatable bonds is 8. The Balaban J connectivity index is 4.95. The van der Waals surface area contributed by atoms with Crippen LogP contribution in [-0.4, -0.2) is 55.1 Å². The van der Waals surface area contributed by atoms with Gasteiger partial charge in [0, 0.05) is 19.1 Å². The van der Waals surface area contributed by atoms with Gasteiger partial charge in [0.2, 0.25) is 0 Å². The molecule has 0 aromatic heterocycles. The van der Waals surface area contributed by atoms with Crippen molar-refractivity contribution in [3.8, 4) is 0 Å². The summed E-state index contributed by atoms with van der Waals surface area (Å²) in [4.78, 5) is 35.3. The molecule has 0 aliphatic heterocycles. The minimum absolute atomic E-state index is 0.0923. The van der Waals surface area contributed by atoms with Crippen LogP contribution in [0, 0.1) is 5.92 Å². The Morgan fingerprint density at radius 2 is 1.90 bits per heavy atom. The van der Waals surface area contributed by atoms with E-state index in [9.17, 15) is 14.4 Å². The van der Waals surface area contributed by atoms with Gasteiger partial charge in [-0.15, -0.1) is 0 Å². The Labute approximate surface area is 124 Å². The molecule has 8 heteroatoms. The number of urea groups is 1. The summed E-state index contributed by atoms with van der Waals surface area (Å²) in [5, 5.41) is 3.63. The number of ketones is 1. The highest BCUT2D eigenvalue weighted by atomic mass is 16.5. The van der Waals surface area contributed by atoms with Crippen LogP contribution in [-0.2, 0) is 14.3 Å². The van der Waals surface area contributed by atoms with Gasteiger partial charge < -0.3 is 10.5 Å². The fourth-order valence-electron chi connectivity index (χ4n) is 2.03. The Bertz CT molecular complexity index is 409. The predicted molar refractivity (Wildman–Crippen MR) is 78.7 cm³/mol. The fraction of sp³-hybridized carbons (Fsp3) is 0.692. The molecule has 120 valence electrons. The topological polar surface area (TPSA) is 114 Å². The molecule has 3 N–H and O–H groups in total. The quantitative estimate of drug-likeness (QED) is 0.375.